The minimum absolute atomic E-state index is 0.0937. The van der Waals surface area contributed by atoms with Crippen LogP contribution in [0.3, 0.4) is 0 Å². The number of amides is 1. The molecule has 0 spiro atoms. The molecule has 146 valence electrons. The van der Waals surface area contributed by atoms with Gasteiger partial charge in [-0.25, -0.2) is 9.67 Å². The van der Waals surface area contributed by atoms with Crippen LogP contribution in [0.4, 0.5) is 0 Å². The Hall–Kier alpha value is -2.61. The first-order valence-corrected chi connectivity index (χ1v) is 10.4. The molecule has 2 aromatic heterocycles. The maximum absolute atomic E-state index is 12.8. The summed E-state index contributed by atoms with van der Waals surface area (Å²) in [5.41, 5.74) is 1.07. The van der Waals surface area contributed by atoms with E-state index in [4.69, 9.17) is 0 Å². The molecule has 0 radical (unpaired) electrons. The topological polar surface area (TPSA) is 83.9 Å². The monoisotopic (exact) mass is 397 g/mol. The molecular formula is C20H23N5O2S. The molecule has 1 fully saturated rings. The van der Waals surface area contributed by atoms with Crippen molar-refractivity contribution in [1.29, 1.82) is 0 Å². The van der Waals surface area contributed by atoms with Gasteiger partial charge in [0.15, 0.2) is 10.8 Å². The van der Waals surface area contributed by atoms with E-state index in [-0.39, 0.29) is 16.7 Å². The van der Waals surface area contributed by atoms with Gasteiger partial charge in [-0.15, -0.1) is 0 Å². The van der Waals surface area contributed by atoms with E-state index in [0.717, 1.165) is 31.6 Å². The smallest absolute Gasteiger partial charge is 0.262 e. The SMILES string of the molecule is CC1CCN(C(=O)C(C)Sc2nc3c(cnn3-c3ccccc3)c(=O)[nH]2)CC1. The molecule has 3 aromatic rings. The third-order valence-corrected chi connectivity index (χ3v) is 6.12. The summed E-state index contributed by atoms with van der Waals surface area (Å²) in [5.74, 6) is 0.766. The molecule has 1 amide bonds. The van der Waals surface area contributed by atoms with Crippen molar-refractivity contribution in [2.75, 3.05) is 13.1 Å². The van der Waals surface area contributed by atoms with E-state index in [9.17, 15) is 9.59 Å². The van der Waals surface area contributed by atoms with E-state index >= 15 is 0 Å². The van der Waals surface area contributed by atoms with Gasteiger partial charge in [0.2, 0.25) is 5.91 Å². The number of hydrogen-bond acceptors (Lipinski definition) is 5. The van der Waals surface area contributed by atoms with Gasteiger partial charge in [-0.2, -0.15) is 5.10 Å². The molecule has 0 aliphatic carbocycles. The lowest BCUT2D eigenvalue weighted by atomic mass is 9.99. The van der Waals surface area contributed by atoms with Crippen LogP contribution in [-0.4, -0.2) is 48.9 Å². The third kappa shape index (κ3) is 3.69. The predicted molar refractivity (Wildman–Crippen MR) is 110 cm³/mol. The second-order valence-corrected chi connectivity index (χ2v) is 8.60. The molecule has 0 bridgehead atoms. The van der Waals surface area contributed by atoms with Crippen LogP contribution in [0.2, 0.25) is 0 Å². The number of hydrogen-bond donors (Lipinski definition) is 1. The average Bonchev–Trinajstić information content (AvgIpc) is 3.13. The maximum atomic E-state index is 12.8. The molecule has 1 aliphatic rings. The summed E-state index contributed by atoms with van der Waals surface area (Å²) in [4.78, 5) is 34.5. The van der Waals surface area contributed by atoms with Gasteiger partial charge < -0.3 is 9.88 Å². The summed E-state index contributed by atoms with van der Waals surface area (Å²) < 4.78 is 1.65. The highest BCUT2D eigenvalue weighted by Gasteiger charge is 2.26. The Morgan fingerprint density at radius 2 is 1.96 bits per heavy atom. The number of rotatable bonds is 4. The summed E-state index contributed by atoms with van der Waals surface area (Å²) >= 11 is 1.28. The normalized spacial score (nSPS) is 16.4. The van der Waals surface area contributed by atoms with Gasteiger partial charge in [0, 0.05) is 13.1 Å². The first kappa shape index (κ1) is 18.7. The first-order chi connectivity index (χ1) is 13.5. The summed E-state index contributed by atoms with van der Waals surface area (Å²) in [7, 11) is 0. The fraction of sp³-hybridized carbons (Fsp3) is 0.400. The number of carbonyl (C=O) groups excluding carboxylic acids is 1. The number of H-pyrrole nitrogens is 1. The lowest BCUT2D eigenvalue weighted by molar-refractivity contribution is -0.131. The Labute approximate surface area is 167 Å². The molecule has 1 N–H and O–H groups in total. The van der Waals surface area contributed by atoms with Gasteiger partial charge in [-0.05, 0) is 37.8 Å². The molecule has 8 heteroatoms. The van der Waals surface area contributed by atoms with Crippen LogP contribution in [0.25, 0.3) is 16.7 Å². The number of piperidine rings is 1. The van der Waals surface area contributed by atoms with Crippen LogP contribution < -0.4 is 5.56 Å². The van der Waals surface area contributed by atoms with Crippen LogP contribution in [0, 0.1) is 5.92 Å². The van der Waals surface area contributed by atoms with Crippen LogP contribution in [-0.2, 0) is 4.79 Å². The molecule has 4 rings (SSSR count). The van der Waals surface area contributed by atoms with Gasteiger partial charge in [0.1, 0.15) is 5.39 Å². The summed E-state index contributed by atoms with van der Waals surface area (Å²) in [5, 5.41) is 4.85. The molecule has 1 aliphatic heterocycles. The van der Waals surface area contributed by atoms with Gasteiger partial charge >= 0.3 is 0 Å². The minimum atomic E-state index is -0.317. The lowest BCUT2D eigenvalue weighted by Gasteiger charge is -2.31. The number of nitrogens with zero attached hydrogens (tertiary/aromatic N) is 4. The lowest BCUT2D eigenvalue weighted by Crippen LogP contribution is -2.41. The van der Waals surface area contributed by atoms with Crippen LogP contribution >= 0.6 is 11.8 Å². The highest BCUT2D eigenvalue weighted by Crippen LogP contribution is 2.24. The largest absolute Gasteiger partial charge is 0.342 e. The molecule has 28 heavy (non-hydrogen) atoms. The highest BCUT2D eigenvalue weighted by atomic mass is 32.2. The maximum Gasteiger partial charge on any atom is 0.262 e. The van der Waals surface area contributed by atoms with Crippen LogP contribution in [0.1, 0.15) is 26.7 Å². The Morgan fingerprint density at radius 1 is 1.25 bits per heavy atom. The molecule has 1 aromatic carbocycles. The quantitative estimate of drug-likeness (QED) is 0.541. The van der Waals surface area contributed by atoms with Crippen molar-refractivity contribution in [3.05, 3.63) is 46.9 Å². The number of para-hydroxylation sites is 1. The number of thioether (sulfide) groups is 1. The average molecular weight is 398 g/mol. The second-order valence-electron chi connectivity index (χ2n) is 7.27. The summed E-state index contributed by atoms with van der Waals surface area (Å²) in [6, 6.07) is 9.56. The fourth-order valence-electron chi connectivity index (χ4n) is 3.42. The van der Waals surface area contributed by atoms with Gasteiger partial charge in [0.25, 0.3) is 5.56 Å². The number of aromatic amines is 1. The molecule has 3 heterocycles. The number of aromatic nitrogens is 4. The Balaban J connectivity index is 1.59. The highest BCUT2D eigenvalue weighted by molar-refractivity contribution is 8.00. The van der Waals surface area contributed by atoms with Crippen molar-refractivity contribution < 1.29 is 4.79 Å². The summed E-state index contributed by atoms with van der Waals surface area (Å²) in [6.45, 7) is 5.69. The number of carbonyl (C=O) groups is 1. The van der Waals surface area contributed by atoms with E-state index in [1.807, 2.05) is 42.2 Å². The molecule has 1 saturated heterocycles. The molecular weight excluding hydrogens is 374 g/mol. The Morgan fingerprint density at radius 3 is 2.68 bits per heavy atom. The van der Waals surface area contributed by atoms with Gasteiger partial charge in [0.05, 0.1) is 17.1 Å². The molecule has 1 atom stereocenters. The van der Waals surface area contributed by atoms with Crippen molar-refractivity contribution in [3.63, 3.8) is 0 Å². The predicted octanol–water partition coefficient (Wildman–Crippen LogP) is 2.85. The van der Waals surface area contributed by atoms with Gasteiger partial charge in [-0.1, -0.05) is 36.9 Å². The zero-order valence-electron chi connectivity index (χ0n) is 16.0. The number of likely N-dealkylation sites (tertiary alicyclic amines) is 1. The van der Waals surface area contributed by atoms with Crippen molar-refractivity contribution in [2.24, 2.45) is 5.92 Å². The van der Waals surface area contributed by atoms with Crippen LogP contribution in [0.15, 0.2) is 46.5 Å². The van der Waals surface area contributed by atoms with Crippen LogP contribution in [0.5, 0.6) is 0 Å². The van der Waals surface area contributed by atoms with Gasteiger partial charge in [-0.3, -0.25) is 9.59 Å². The Bertz CT molecular complexity index is 1040. The zero-order valence-corrected chi connectivity index (χ0v) is 16.8. The number of nitrogens with one attached hydrogen (secondary N) is 1. The fourth-order valence-corrected chi connectivity index (χ4v) is 4.29. The minimum Gasteiger partial charge on any atom is -0.342 e. The Kier molecular flexibility index (Phi) is 5.21. The van der Waals surface area contributed by atoms with E-state index in [1.165, 1.54) is 18.0 Å². The second kappa shape index (κ2) is 7.79. The summed E-state index contributed by atoms with van der Waals surface area (Å²) in [6.07, 6.45) is 3.60. The van der Waals surface area contributed by atoms with E-state index in [0.29, 0.717) is 22.1 Å². The van der Waals surface area contributed by atoms with Crippen molar-refractivity contribution in [1.82, 2.24) is 24.6 Å². The van der Waals surface area contributed by atoms with E-state index in [2.05, 4.69) is 22.0 Å². The number of fused-ring (bicyclic) bond motifs is 1. The third-order valence-electron chi connectivity index (χ3n) is 5.15. The van der Waals surface area contributed by atoms with Crippen molar-refractivity contribution in [3.8, 4) is 5.69 Å². The zero-order chi connectivity index (χ0) is 19.7. The first-order valence-electron chi connectivity index (χ1n) is 9.52. The number of benzene rings is 1. The molecule has 7 nitrogen and oxygen atoms in total. The van der Waals surface area contributed by atoms with Crippen molar-refractivity contribution >= 4 is 28.7 Å². The molecule has 1 unspecified atom stereocenters. The van der Waals surface area contributed by atoms with E-state index in [1.54, 1.807) is 4.68 Å². The van der Waals surface area contributed by atoms with E-state index < -0.39 is 0 Å². The van der Waals surface area contributed by atoms with Crippen molar-refractivity contribution in [2.45, 2.75) is 37.1 Å². The molecule has 0 saturated carbocycles. The standard InChI is InChI=1S/C20H23N5O2S/c1-13-8-10-24(11-9-13)19(27)14(2)28-20-22-17-16(18(26)23-20)12-21-25(17)15-6-4-3-5-7-15/h3-7,12-14H,8-11H2,1-2H3,(H,22,23,26).